The molecule has 1 aromatic rings. The molecule has 0 spiro atoms. The third-order valence-corrected chi connectivity index (χ3v) is 3.00. The standard InChI is InChI=1S/C14H14F2O3/c1-3-19-13(17)14(15,16)12-7-4-9-8-10(18-2)5-6-11(9)12/h5-8H,3-4H2,1-2H3. The van der Waals surface area contributed by atoms with Crippen LogP contribution in [0.5, 0.6) is 5.75 Å². The Labute approximate surface area is 109 Å². The topological polar surface area (TPSA) is 35.5 Å². The van der Waals surface area contributed by atoms with Crippen molar-refractivity contribution in [3.8, 4) is 5.75 Å². The number of hydrogen-bond acceptors (Lipinski definition) is 3. The molecule has 0 bridgehead atoms. The first-order valence-corrected chi connectivity index (χ1v) is 5.93. The summed E-state index contributed by atoms with van der Waals surface area (Å²) in [6.45, 7) is 1.42. The van der Waals surface area contributed by atoms with Gasteiger partial charge in [-0.2, -0.15) is 8.78 Å². The van der Waals surface area contributed by atoms with Crippen molar-refractivity contribution in [1.29, 1.82) is 0 Å². The van der Waals surface area contributed by atoms with Crippen LogP contribution in [0.1, 0.15) is 18.1 Å². The van der Waals surface area contributed by atoms with Crippen molar-refractivity contribution in [2.75, 3.05) is 13.7 Å². The van der Waals surface area contributed by atoms with Gasteiger partial charge in [0.15, 0.2) is 0 Å². The molecule has 1 aliphatic rings. The molecule has 5 heteroatoms. The molecular weight excluding hydrogens is 254 g/mol. The zero-order valence-corrected chi connectivity index (χ0v) is 10.7. The summed E-state index contributed by atoms with van der Waals surface area (Å²) in [4.78, 5) is 11.3. The van der Waals surface area contributed by atoms with Gasteiger partial charge in [0.2, 0.25) is 0 Å². The lowest BCUT2D eigenvalue weighted by molar-refractivity contribution is -0.163. The molecule has 0 aliphatic heterocycles. The van der Waals surface area contributed by atoms with Crippen molar-refractivity contribution in [2.45, 2.75) is 19.3 Å². The largest absolute Gasteiger partial charge is 0.497 e. The van der Waals surface area contributed by atoms with Crippen LogP contribution in [0.2, 0.25) is 0 Å². The number of ether oxygens (including phenoxy) is 2. The summed E-state index contributed by atoms with van der Waals surface area (Å²) in [5.74, 6) is -4.52. The minimum atomic E-state index is -3.62. The molecule has 0 fully saturated rings. The highest BCUT2D eigenvalue weighted by Crippen LogP contribution is 2.40. The van der Waals surface area contributed by atoms with E-state index in [9.17, 15) is 13.6 Å². The average molecular weight is 268 g/mol. The van der Waals surface area contributed by atoms with Crippen LogP contribution in [0.4, 0.5) is 8.78 Å². The van der Waals surface area contributed by atoms with E-state index in [0.29, 0.717) is 17.7 Å². The summed E-state index contributed by atoms with van der Waals surface area (Å²) in [6.07, 6.45) is 1.72. The van der Waals surface area contributed by atoms with Gasteiger partial charge in [-0.15, -0.1) is 0 Å². The van der Waals surface area contributed by atoms with Crippen LogP contribution in [0.25, 0.3) is 5.57 Å². The highest BCUT2D eigenvalue weighted by Gasteiger charge is 2.46. The maximum Gasteiger partial charge on any atom is 0.381 e. The zero-order valence-electron chi connectivity index (χ0n) is 10.7. The maximum absolute atomic E-state index is 14.0. The van der Waals surface area contributed by atoms with Crippen LogP contribution in [0.3, 0.4) is 0 Å². The number of benzene rings is 1. The van der Waals surface area contributed by atoms with Gasteiger partial charge in [0.25, 0.3) is 0 Å². The Morgan fingerprint density at radius 1 is 1.42 bits per heavy atom. The molecule has 19 heavy (non-hydrogen) atoms. The molecule has 3 nitrogen and oxygen atoms in total. The highest BCUT2D eigenvalue weighted by atomic mass is 19.3. The van der Waals surface area contributed by atoms with E-state index < -0.39 is 11.9 Å². The van der Waals surface area contributed by atoms with Crippen molar-refractivity contribution >= 4 is 11.5 Å². The molecule has 0 amide bonds. The number of fused-ring (bicyclic) bond motifs is 1. The number of esters is 1. The van der Waals surface area contributed by atoms with Gasteiger partial charge in [-0.25, -0.2) is 4.79 Å². The van der Waals surface area contributed by atoms with Crippen molar-refractivity contribution in [3.05, 3.63) is 35.4 Å². The number of rotatable bonds is 4. The third kappa shape index (κ3) is 2.32. The van der Waals surface area contributed by atoms with Gasteiger partial charge in [-0.3, -0.25) is 0 Å². The molecule has 0 heterocycles. The number of hydrogen-bond donors (Lipinski definition) is 0. The Morgan fingerprint density at radius 2 is 2.16 bits per heavy atom. The molecule has 0 unspecified atom stereocenters. The molecule has 1 aliphatic carbocycles. The second-order valence-corrected chi connectivity index (χ2v) is 4.14. The molecule has 0 atom stereocenters. The Morgan fingerprint density at radius 3 is 2.79 bits per heavy atom. The van der Waals surface area contributed by atoms with Crippen LogP contribution in [-0.2, 0) is 16.0 Å². The van der Waals surface area contributed by atoms with E-state index in [0.717, 1.165) is 5.56 Å². The summed E-state index contributed by atoms with van der Waals surface area (Å²) < 4.78 is 37.5. The molecule has 0 saturated carbocycles. The summed E-state index contributed by atoms with van der Waals surface area (Å²) in [5.41, 5.74) is 0.806. The number of allylic oxidation sites excluding steroid dienone is 1. The lowest BCUT2D eigenvalue weighted by Gasteiger charge is -2.17. The van der Waals surface area contributed by atoms with E-state index in [1.54, 1.807) is 18.2 Å². The van der Waals surface area contributed by atoms with Crippen molar-refractivity contribution in [2.24, 2.45) is 0 Å². The molecule has 0 aromatic heterocycles. The van der Waals surface area contributed by atoms with E-state index >= 15 is 0 Å². The number of carbonyl (C=O) groups excluding carboxylic acids is 1. The van der Waals surface area contributed by atoms with E-state index in [1.807, 2.05) is 0 Å². The Balaban J connectivity index is 2.33. The van der Waals surface area contributed by atoms with Gasteiger partial charge in [0, 0.05) is 5.57 Å². The Kier molecular flexibility index (Phi) is 3.55. The maximum atomic E-state index is 14.0. The SMILES string of the molecule is CCOC(=O)C(F)(F)C1=CCc2cc(OC)ccc21. The normalized spacial score (nSPS) is 13.8. The molecule has 0 N–H and O–H groups in total. The minimum absolute atomic E-state index is 0.0722. The number of methoxy groups -OCH3 is 1. The van der Waals surface area contributed by atoms with Gasteiger partial charge in [0.1, 0.15) is 5.75 Å². The average Bonchev–Trinajstić information content (AvgIpc) is 2.82. The Hall–Kier alpha value is -1.91. The van der Waals surface area contributed by atoms with Crippen LogP contribution in [0, 0.1) is 0 Å². The van der Waals surface area contributed by atoms with Gasteiger partial charge >= 0.3 is 11.9 Å². The third-order valence-electron chi connectivity index (χ3n) is 3.00. The molecule has 2 rings (SSSR count). The fraction of sp³-hybridized carbons (Fsp3) is 0.357. The lowest BCUT2D eigenvalue weighted by Crippen LogP contribution is -2.31. The molecule has 0 radical (unpaired) electrons. The fourth-order valence-electron chi connectivity index (χ4n) is 2.08. The van der Waals surface area contributed by atoms with Crippen molar-refractivity contribution in [3.63, 3.8) is 0 Å². The minimum Gasteiger partial charge on any atom is -0.497 e. The van der Waals surface area contributed by atoms with Crippen LogP contribution >= 0.6 is 0 Å². The molecule has 102 valence electrons. The summed E-state index contributed by atoms with van der Waals surface area (Å²) in [5, 5.41) is 0. The van der Waals surface area contributed by atoms with E-state index in [2.05, 4.69) is 4.74 Å². The monoisotopic (exact) mass is 268 g/mol. The smallest absolute Gasteiger partial charge is 0.381 e. The summed E-state index contributed by atoms with van der Waals surface area (Å²) in [7, 11) is 1.51. The first-order chi connectivity index (χ1) is 9.00. The predicted octanol–water partition coefficient (Wildman–Crippen LogP) is 2.83. The number of alkyl halides is 2. The zero-order chi connectivity index (χ0) is 14.0. The highest BCUT2D eigenvalue weighted by molar-refractivity contribution is 5.96. The van der Waals surface area contributed by atoms with Gasteiger partial charge in [-0.05, 0) is 36.6 Å². The number of halogens is 2. The predicted molar refractivity (Wildman–Crippen MR) is 66.3 cm³/mol. The van der Waals surface area contributed by atoms with E-state index in [-0.39, 0.29) is 12.2 Å². The quantitative estimate of drug-likeness (QED) is 0.788. The van der Waals surface area contributed by atoms with Gasteiger partial charge in [-0.1, -0.05) is 12.1 Å². The summed E-state index contributed by atoms with van der Waals surface area (Å²) >= 11 is 0. The number of carbonyl (C=O) groups is 1. The van der Waals surface area contributed by atoms with Crippen molar-refractivity contribution in [1.82, 2.24) is 0 Å². The van der Waals surface area contributed by atoms with Gasteiger partial charge < -0.3 is 9.47 Å². The molecular formula is C14H14F2O3. The second-order valence-electron chi connectivity index (χ2n) is 4.14. The Bertz CT molecular complexity index is 535. The van der Waals surface area contributed by atoms with Crippen LogP contribution < -0.4 is 4.74 Å². The molecule has 1 aromatic carbocycles. The molecule has 0 saturated heterocycles. The second kappa shape index (κ2) is 4.99. The van der Waals surface area contributed by atoms with Crippen LogP contribution in [0.15, 0.2) is 24.3 Å². The first kappa shape index (κ1) is 13.5. The van der Waals surface area contributed by atoms with E-state index in [1.165, 1.54) is 20.1 Å². The first-order valence-electron chi connectivity index (χ1n) is 5.93. The van der Waals surface area contributed by atoms with Crippen LogP contribution in [-0.4, -0.2) is 25.6 Å². The lowest BCUT2D eigenvalue weighted by atomic mass is 10.0. The van der Waals surface area contributed by atoms with Gasteiger partial charge in [0.05, 0.1) is 13.7 Å². The van der Waals surface area contributed by atoms with Crippen molar-refractivity contribution < 1.29 is 23.0 Å². The van der Waals surface area contributed by atoms with E-state index in [4.69, 9.17) is 4.74 Å². The summed E-state index contributed by atoms with van der Waals surface area (Å²) in [6, 6.07) is 4.83. The fourth-order valence-corrected chi connectivity index (χ4v) is 2.08.